The maximum Gasteiger partial charge on any atom is 0.235 e. The van der Waals surface area contributed by atoms with E-state index < -0.39 is 15.3 Å². The molecule has 108 valence electrons. The van der Waals surface area contributed by atoms with Crippen molar-refractivity contribution in [2.75, 3.05) is 18.1 Å². The molecule has 1 aliphatic carbocycles. The molecule has 1 atom stereocenters. The third kappa shape index (κ3) is 2.50. The average molecular weight is 304 g/mol. The summed E-state index contributed by atoms with van der Waals surface area (Å²) in [7, 11) is -3.02. The maximum atomic E-state index is 12.7. The summed E-state index contributed by atoms with van der Waals surface area (Å²) in [5.41, 5.74) is 5.03. The van der Waals surface area contributed by atoms with Gasteiger partial charge in [-0.25, -0.2) is 8.42 Å². The molecule has 0 aromatic rings. The van der Waals surface area contributed by atoms with Crippen LogP contribution in [0.5, 0.6) is 0 Å². The zero-order valence-electron chi connectivity index (χ0n) is 11.3. The Hall–Kier alpha value is -0.690. The van der Waals surface area contributed by atoms with Gasteiger partial charge in [-0.05, 0) is 25.7 Å². The van der Waals surface area contributed by atoms with Crippen molar-refractivity contribution in [3.63, 3.8) is 0 Å². The fourth-order valence-corrected chi connectivity index (χ4v) is 5.00. The number of rotatable bonds is 2. The van der Waals surface area contributed by atoms with Gasteiger partial charge in [-0.1, -0.05) is 19.1 Å². The van der Waals surface area contributed by atoms with Crippen LogP contribution in [0.2, 0.25) is 0 Å². The molecule has 1 amide bonds. The van der Waals surface area contributed by atoms with Gasteiger partial charge in [-0.15, -0.1) is 0 Å². The first-order chi connectivity index (χ1) is 8.68. The third-order valence-corrected chi connectivity index (χ3v) is 6.39. The maximum absolute atomic E-state index is 12.7. The second-order valence-electron chi connectivity index (χ2n) is 5.92. The predicted molar refractivity (Wildman–Crippen MR) is 77.4 cm³/mol. The van der Waals surface area contributed by atoms with Crippen LogP contribution in [0.4, 0.5) is 0 Å². The molecule has 2 fully saturated rings. The lowest BCUT2D eigenvalue weighted by Gasteiger charge is -2.48. The van der Waals surface area contributed by atoms with Gasteiger partial charge in [0.25, 0.3) is 0 Å². The van der Waals surface area contributed by atoms with E-state index in [0.29, 0.717) is 18.8 Å². The SMILES string of the molecule is CC1CC(C(=O)N2CCS(=O)(=O)CC2C)(C(N)=S)C1. The number of thiocarbonyl (C=S) groups is 1. The Morgan fingerprint density at radius 2 is 1.95 bits per heavy atom. The summed E-state index contributed by atoms with van der Waals surface area (Å²) in [6.45, 7) is 4.08. The number of carbonyl (C=O) groups is 1. The number of hydrogen-bond acceptors (Lipinski definition) is 4. The lowest BCUT2D eigenvalue weighted by molar-refractivity contribution is -0.145. The Morgan fingerprint density at radius 1 is 1.37 bits per heavy atom. The molecule has 1 saturated carbocycles. The highest BCUT2D eigenvalue weighted by molar-refractivity contribution is 7.91. The molecule has 2 aliphatic rings. The van der Waals surface area contributed by atoms with Crippen molar-refractivity contribution in [2.45, 2.75) is 32.7 Å². The third-order valence-electron chi connectivity index (χ3n) is 4.21. The van der Waals surface area contributed by atoms with Crippen molar-refractivity contribution >= 4 is 33.0 Å². The van der Waals surface area contributed by atoms with Crippen molar-refractivity contribution in [1.29, 1.82) is 0 Å². The van der Waals surface area contributed by atoms with E-state index in [1.165, 1.54) is 0 Å². The first kappa shape index (κ1) is 14.7. The second-order valence-corrected chi connectivity index (χ2v) is 8.59. The topological polar surface area (TPSA) is 80.5 Å². The van der Waals surface area contributed by atoms with Crippen LogP contribution in [-0.4, -0.2) is 48.3 Å². The fourth-order valence-electron chi connectivity index (χ4n) is 3.19. The van der Waals surface area contributed by atoms with Gasteiger partial charge in [-0.2, -0.15) is 0 Å². The zero-order valence-corrected chi connectivity index (χ0v) is 12.9. The lowest BCUT2D eigenvalue weighted by Crippen LogP contribution is -2.61. The number of amides is 1. The van der Waals surface area contributed by atoms with Crippen LogP contribution in [0.1, 0.15) is 26.7 Å². The molecule has 2 N–H and O–H groups in total. The molecule has 0 bridgehead atoms. The molecule has 1 aliphatic heterocycles. The molecule has 1 unspecified atom stereocenters. The molecule has 5 nitrogen and oxygen atoms in total. The Balaban J connectivity index is 2.18. The van der Waals surface area contributed by atoms with Gasteiger partial charge in [0.15, 0.2) is 9.84 Å². The Labute approximate surface area is 119 Å². The standard InChI is InChI=1S/C12H20N2O3S2/c1-8-5-12(6-8,10(13)18)11(15)14-3-4-19(16,17)7-9(14)2/h8-9H,3-7H2,1-2H3,(H2,13,18). The second kappa shape index (κ2) is 4.70. The van der Waals surface area contributed by atoms with Gasteiger partial charge in [0, 0.05) is 12.6 Å². The van der Waals surface area contributed by atoms with Gasteiger partial charge in [0.1, 0.15) is 0 Å². The molecule has 2 rings (SSSR count). The Kier molecular flexibility index (Phi) is 3.64. The van der Waals surface area contributed by atoms with E-state index in [4.69, 9.17) is 18.0 Å². The van der Waals surface area contributed by atoms with Crippen LogP contribution < -0.4 is 5.73 Å². The summed E-state index contributed by atoms with van der Waals surface area (Å²) >= 11 is 5.08. The van der Waals surface area contributed by atoms with E-state index in [1.54, 1.807) is 11.8 Å². The smallest absolute Gasteiger partial charge is 0.235 e. The largest absolute Gasteiger partial charge is 0.392 e. The molecule has 0 aromatic carbocycles. The van der Waals surface area contributed by atoms with Crippen molar-refractivity contribution in [3.8, 4) is 0 Å². The minimum Gasteiger partial charge on any atom is -0.392 e. The van der Waals surface area contributed by atoms with Crippen molar-refractivity contribution in [3.05, 3.63) is 0 Å². The molecule has 0 aromatic heterocycles. The van der Waals surface area contributed by atoms with Crippen LogP contribution in [0.3, 0.4) is 0 Å². The molecular formula is C12H20N2O3S2. The summed E-state index contributed by atoms with van der Waals surface area (Å²) in [5, 5.41) is 0. The number of nitrogens with zero attached hydrogens (tertiary/aromatic N) is 1. The Morgan fingerprint density at radius 3 is 2.37 bits per heavy atom. The van der Waals surface area contributed by atoms with Crippen molar-refractivity contribution < 1.29 is 13.2 Å². The van der Waals surface area contributed by atoms with E-state index in [-0.39, 0.29) is 35.0 Å². The molecule has 1 heterocycles. The Bertz CT molecular complexity index is 509. The highest BCUT2D eigenvalue weighted by atomic mass is 32.2. The quantitative estimate of drug-likeness (QED) is 0.744. The first-order valence-electron chi connectivity index (χ1n) is 6.49. The van der Waals surface area contributed by atoms with E-state index in [9.17, 15) is 13.2 Å². The van der Waals surface area contributed by atoms with Gasteiger partial charge in [0.05, 0.1) is 21.9 Å². The highest BCUT2D eigenvalue weighted by Gasteiger charge is 2.53. The van der Waals surface area contributed by atoms with E-state index in [0.717, 1.165) is 0 Å². The lowest BCUT2D eigenvalue weighted by atomic mass is 9.61. The fraction of sp³-hybridized carbons (Fsp3) is 0.833. The van der Waals surface area contributed by atoms with Crippen LogP contribution in [0.15, 0.2) is 0 Å². The van der Waals surface area contributed by atoms with Crippen LogP contribution >= 0.6 is 12.2 Å². The number of nitrogens with two attached hydrogens (primary N) is 1. The van der Waals surface area contributed by atoms with Crippen molar-refractivity contribution in [2.24, 2.45) is 17.1 Å². The summed E-state index contributed by atoms with van der Waals surface area (Å²) in [5.74, 6) is 0.420. The predicted octanol–water partition coefficient (Wildman–Crippen LogP) is 0.334. The monoisotopic (exact) mass is 304 g/mol. The van der Waals surface area contributed by atoms with Gasteiger partial charge in [-0.3, -0.25) is 4.79 Å². The summed E-state index contributed by atoms with van der Waals surface area (Å²) in [6, 6.07) is -0.298. The van der Waals surface area contributed by atoms with Crippen molar-refractivity contribution in [1.82, 2.24) is 4.90 Å². The summed E-state index contributed by atoms with van der Waals surface area (Å²) in [4.78, 5) is 14.6. The summed E-state index contributed by atoms with van der Waals surface area (Å²) in [6.07, 6.45) is 1.36. The summed E-state index contributed by atoms with van der Waals surface area (Å²) < 4.78 is 23.1. The normalized spacial score (nSPS) is 37.5. The average Bonchev–Trinajstić information content (AvgIpc) is 2.21. The van der Waals surface area contributed by atoms with E-state index in [2.05, 4.69) is 6.92 Å². The van der Waals surface area contributed by atoms with Gasteiger partial charge < -0.3 is 10.6 Å². The van der Waals surface area contributed by atoms with Crippen LogP contribution in [0, 0.1) is 11.3 Å². The first-order valence-corrected chi connectivity index (χ1v) is 8.72. The van der Waals surface area contributed by atoms with E-state index >= 15 is 0 Å². The number of sulfone groups is 1. The number of hydrogen-bond donors (Lipinski definition) is 1. The van der Waals surface area contributed by atoms with Crippen LogP contribution in [-0.2, 0) is 14.6 Å². The van der Waals surface area contributed by atoms with Gasteiger partial charge >= 0.3 is 0 Å². The molecule has 19 heavy (non-hydrogen) atoms. The number of carbonyl (C=O) groups excluding carboxylic acids is 1. The minimum atomic E-state index is -3.02. The van der Waals surface area contributed by atoms with Gasteiger partial charge in [0.2, 0.25) is 5.91 Å². The molecular weight excluding hydrogens is 284 g/mol. The molecule has 0 spiro atoms. The highest BCUT2D eigenvalue weighted by Crippen LogP contribution is 2.47. The molecule has 1 saturated heterocycles. The minimum absolute atomic E-state index is 0.0295. The molecule has 0 radical (unpaired) electrons. The molecule has 7 heteroatoms. The van der Waals surface area contributed by atoms with E-state index in [1.807, 2.05) is 0 Å². The zero-order chi connectivity index (χ0) is 14.4. The van der Waals surface area contributed by atoms with Crippen LogP contribution in [0.25, 0.3) is 0 Å².